The van der Waals surface area contributed by atoms with Gasteiger partial charge in [-0.1, -0.05) is 23.4 Å². The molecule has 29 heavy (non-hydrogen) atoms. The zero-order valence-corrected chi connectivity index (χ0v) is 18.9. The van der Waals surface area contributed by atoms with Crippen LogP contribution in [-0.4, -0.2) is 17.5 Å². The summed E-state index contributed by atoms with van der Waals surface area (Å²) >= 11 is 9.49. The van der Waals surface area contributed by atoms with Gasteiger partial charge in [0.25, 0.3) is 5.76 Å². The van der Waals surface area contributed by atoms with Crippen LogP contribution in [0, 0.1) is 5.82 Å². The molecule has 0 fully saturated rings. The highest BCUT2D eigenvalue weighted by atomic mass is 79.9. The number of carbonyl (C=O) groups is 1. The van der Waals surface area contributed by atoms with Crippen molar-refractivity contribution in [3.63, 3.8) is 0 Å². The first-order chi connectivity index (χ1) is 13.4. The summed E-state index contributed by atoms with van der Waals surface area (Å²) in [6, 6.07) is 6.58. The molecule has 0 spiro atoms. The number of alkyl carbamates (subject to hydrolysis) is 1. The summed E-state index contributed by atoms with van der Waals surface area (Å²) in [5.74, 6) is -2.86. The number of amides is 1. The van der Waals surface area contributed by atoms with Crippen molar-refractivity contribution in [1.29, 1.82) is 0 Å². The molecule has 1 N–H and O–H groups in total. The third kappa shape index (κ3) is 7.64. The lowest BCUT2D eigenvalue weighted by molar-refractivity contribution is 0.0523. The van der Waals surface area contributed by atoms with Crippen LogP contribution < -0.4 is 10.1 Å². The van der Waals surface area contributed by atoms with Crippen molar-refractivity contribution < 1.29 is 27.4 Å². The van der Waals surface area contributed by atoms with Crippen molar-refractivity contribution in [3.8, 4) is 11.5 Å². The summed E-state index contributed by atoms with van der Waals surface area (Å²) in [4.78, 5) is 12.2. The molecule has 0 atom stereocenters. The van der Waals surface area contributed by atoms with Gasteiger partial charge in [-0.2, -0.15) is 8.78 Å². The van der Waals surface area contributed by atoms with E-state index in [0.29, 0.717) is 21.8 Å². The van der Waals surface area contributed by atoms with E-state index < -0.39 is 23.3 Å². The molecule has 0 unspecified atom stereocenters. The highest BCUT2D eigenvalue weighted by molar-refractivity contribution is 9.10. The number of thioether (sulfide) groups is 1. The molecule has 0 aliphatic heterocycles. The molecule has 2 aromatic carbocycles. The highest BCUT2D eigenvalue weighted by Gasteiger charge is 2.20. The van der Waals surface area contributed by atoms with Gasteiger partial charge in [-0.3, -0.25) is 0 Å². The lowest BCUT2D eigenvalue weighted by Gasteiger charge is -2.21. The molecule has 0 aliphatic carbocycles. The van der Waals surface area contributed by atoms with Crippen LogP contribution >= 0.6 is 39.3 Å². The molecule has 1 amide bonds. The third-order valence-corrected chi connectivity index (χ3v) is 5.16. The number of carbonyl (C=O) groups excluding carboxylic acids is 1. The molecule has 0 saturated heterocycles. The maximum absolute atomic E-state index is 13.5. The van der Waals surface area contributed by atoms with E-state index in [-0.39, 0.29) is 28.0 Å². The van der Waals surface area contributed by atoms with Crippen molar-refractivity contribution in [2.24, 2.45) is 0 Å². The maximum atomic E-state index is 13.5. The minimum absolute atomic E-state index is 0.0916. The second-order valence-electron chi connectivity index (χ2n) is 6.80. The number of rotatable bonds is 6. The Labute approximate surface area is 184 Å². The van der Waals surface area contributed by atoms with E-state index in [1.165, 1.54) is 18.2 Å². The Balaban J connectivity index is 2.30. The van der Waals surface area contributed by atoms with E-state index in [4.69, 9.17) is 21.1 Å². The van der Waals surface area contributed by atoms with Gasteiger partial charge in [0.05, 0.1) is 4.47 Å². The fourth-order valence-electron chi connectivity index (χ4n) is 2.22. The van der Waals surface area contributed by atoms with Crippen LogP contribution in [0.25, 0.3) is 0 Å². The van der Waals surface area contributed by atoms with Crippen LogP contribution in [0.15, 0.2) is 39.7 Å². The van der Waals surface area contributed by atoms with Gasteiger partial charge in [0.15, 0.2) is 0 Å². The molecular formula is C19H18BrClF3NO3S. The van der Waals surface area contributed by atoms with Crippen molar-refractivity contribution in [3.05, 3.63) is 51.2 Å². The summed E-state index contributed by atoms with van der Waals surface area (Å²) in [7, 11) is 0. The standard InChI is InChI=1S/C19H18BrClF3NO3S/c1-19(2,3)28-18(26)25-9-13-15(29-17(23)24)5-4-14(16(13)20)27-12-7-10(21)6-11(22)8-12/h4-8,17H,9H2,1-3H3,(H,25,26). The first-order valence-corrected chi connectivity index (χ1v) is 10.4. The van der Waals surface area contributed by atoms with Gasteiger partial charge in [0.2, 0.25) is 0 Å². The second kappa shape index (κ2) is 9.95. The number of hydrogen-bond acceptors (Lipinski definition) is 4. The van der Waals surface area contributed by atoms with E-state index in [1.54, 1.807) is 20.8 Å². The van der Waals surface area contributed by atoms with Gasteiger partial charge >= 0.3 is 6.09 Å². The topological polar surface area (TPSA) is 47.6 Å². The number of ether oxygens (including phenoxy) is 2. The van der Waals surface area contributed by atoms with Crippen LogP contribution in [0.1, 0.15) is 26.3 Å². The molecule has 0 bridgehead atoms. The molecule has 2 aromatic rings. The lowest BCUT2D eigenvalue weighted by Crippen LogP contribution is -2.32. The Bertz CT molecular complexity index is 873. The Morgan fingerprint density at radius 3 is 2.55 bits per heavy atom. The Hall–Kier alpha value is -1.58. The molecule has 4 nitrogen and oxygen atoms in total. The summed E-state index contributed by atoms with van der Waals surface area (Å²) in [5, 5.41) is 2.68. The average molecular weight is 513 g/mol. The number of alkyl halides is 2. The van der Waals surface area contributed by atoms with Crippen LogP contribution in [0.3, 0.4) is 0 Å². The monoisotopic (exact) mass is 511 g/mol. The largest absolute Gasteiger partial charge is 0.456 e. The average Bonchev–Trinajstić information content (AvgIpc) is 2.54. The molecule has 10 heteroatoms. The molecule has 0 aliphatic rings. The van der Waals surface area contributed by atoms with E-state index >= 15 is 0 Å². The number of halogens is 5. The zero-order chi connectivity index (χ0) is 21.8. The van der Waals surface area contributed by atoms with Crippen molar-refractivity contribution in [2.45, 2.75) is 43.6 Å². The minimum Gasteiger partial charge on any atom is -0.456 e. The maximum Gasteiger partial charge on any atom is 0.407 e. The van der Waals surface area contributed by atoms with E-state index in [0.717, 1.165) is 12.1 Å². The number of benzene rings is 2. The normalized spacial score (nSPS) is 11.5. The predicted molar refractivity (Wildman–Crippen MR) is 111 cm³/mol. The summed E-state index contributed by atoms with van der Waals surface area (Å²) in [5.41, 5.74) is -0.343. The predicted octanol–water partition coefficient (Wildman–Crippen LogP) is 7.37. The number of nitrogens with one attached hydrogen (secondary N) is 1. The van der Waals surface area contributed by atoms with Crippen LogP contribution in [0.4, 0.5) is 18.0 Å². The third-order valence-electron chi connectivity index (χ3n) is 3.25. The minimum atomic E-state index is -2.66. The van der Waals surface area contributed by atoms with E-state index in [9.17, 15) is 18.0 Å². The molecule has 0 aromatic heterocycles. The Morgan fingerprint density at radius 2 is 1.97 bits per heavy atom. The van der Waals surface area contributed by atoms with Crippen molar-refractivity contribution in [2.75, 3.05) is 0 Å². The first kappa shape index (κ1) is 23.7. The van der Waals surface area contributed by atoms with Crippen molar-refractivity contribution >= 4 is 45.4 Å². The molecule has 158 valence electrons. The lowest BCUT2D eigenvalue weighted by atomic mass is 10.2. The smallest absolute Gasteiger partial charge is 0.407 e. The van der Waals surface area contributed by atoms with Crippen molar-refractivity contribution in [1.82, 2.24) is 5.32 Å². The fourth-order valence-corrected chi connectivity index (χ4v) is 3.79. The van der Waals surface area contributed by atoms with Gasteiger partial charge in [0.1, 0.15) is 22.9 Å². The van der Waals surface area contributed by atoms with Crippen LogP contribution in [0.2, 0.25) is 5.02 Å². The first-order valence-electron chi connectivity index (χ1n) is 8.31. The molecule has 0 saturated carbocycles. The Kier molecular flexibility index (Phi) is 8.13. The fraction of sp³-hybridized carbons (Fsp3) is 0.316. The zero-order valence-electron chi connectivity index (χ0n) is 15.7. The summed E-state index contributed by atoms with van der Waals surface area (Å²) in [6.45, 7) is 5.03. The van der Waals surface area contributed by atoms with E-state index in [2.05, 4.69) is 21.2 Å². The van der Waals surface area contributed by atoms with Crippen LogP contribution in [0.5, 0.6) is 11.5 Å². The van der Waals surface area contributed by atoms with Gasteiger partial charge in [-0.25, -0.2) is 9.18 Å². The number of hydrogen-bond donors (Lipinski definition) is 1. The van der Waals surface area contributed by atoms with Gasteiger partial charge < -0.3 is 14.8 Å². The summed E-state index contributed by atoms with van der Waals surface area (Å²) in [6.07, 6.45) is -0.694. The molecule has 2 rings (SSSR count). The second-order valence-corrected chi connectivity index (χ2v) is 9.06. The van der Waals surface area contributed by atoms with Crippen LogP contribution in [-0.2, 0) is 11.3 Å². The van der Waals surface area contributed by atoms with E-state index in [1.807, 2.05) is 0 Å². The molecular weight excluding hydrogens is 495 g/mol. The van der Waals surface area contributed by atoms with Gasteiger partial charge in [-0.05, 0) is 61.0 Å². The SMILES string of the molecule is CC(C)(C)OC(=O)NCc1c(SC(F)F)ccc(Oc2cc(F)cc(Cl)c2)c1Br. The molecule has 0 heterocycles. The van der Waals surface area contributed by atoms with Gasteiger partial charge in [-0.15, -0.1) is 0 Å². The van der Waals surface area contributed by atoms with Gasteiger partial charge in [0, 0.05) is 28.1 Å². The Morgan fingerprint density at radius 1 is 1.28 bits per heavy atom. The molecule has 0 radical (unpaired) electrons. The quantitative estimate of drug-likeness (QED) is 0.410. The summed E-state index contributed by atoms with van der Waals surface area (Å²) < 4.78 is 50.6. The highest BCUT2D eigenvalue weighted by Crippen LogP contribution is 2.40.